The number of rotatable bonds is 6. The zero-order valence-corrected chi connectivity index (χ0v) is 29.4. The number of ether oxygens (including phenoxy) is 5. The first-order valence-corrected chi connectivity index (χ1v) is 17.4. The number of phenolic OH excluding ortho intramolecular Hbond substituents is 1. The van der Waals surface area contributed by atoms with Gasteiger partial charge in [-0.1, -0.05) is 24.1 Å². The molecule has 1 saturated heterocycles. The molecule has 13 nitrogen and oxygen atoms in total. The molecule has 54 heavy (non-hydrogen) atoms. The molecule has 3 aromatic carbocycles. The minimum Gasteiger partial charge on any atom is -0.506 e. The number of hydrogen-bond donors (Lipinski definition) is 4. The summed E-state index contributed by atoms with van der Waals surface area (Å²) in [4.78, 5) is 33.2. The van der Waals surface area contributed by atoms with Crippen LogP contribution >= 0.6 is 0 Å². The highest BCUT2D eigenvalue weighted by atomic mass is 16.7. The summed E-state index contributed by atoms with van der Waals surface area (Å²) in [5, 5.41) is 46.8. The van der Waals surface area contributed by atoms with Crippen molar-refractivity contribution in [3.63, 3.8) is 0 Å². The van der Waals surface area contributed by atoms with Crippen LogP contribution in [0.4, 0.5) is 0 Å². The van der Waals surface area contributed by atoms with Crippen LogP contribution in [0.15, 0.2) is 76.5 Å². The fraction of sp³-hybridized carbons (Fsp3) is 0.317. The van der Waals surface area contributed by atoms with Crippen molar-refractivity contribution in [1.29, 1.82) is 0 Å². The summed E-state index contributed by atoms with van der Waals surface area (Å²) < 4.78 is 29.9. The van der Waals surface area contributed by atoms with Gasteiger partial charge in [0.05, 0.1) is 49.6 Å². The highest BCUT2D eigenvalue weighted by Crippen LogP contribution is 2.44. The maximum Gasteiger partial charge on any atom is 0.254 e. The van der Waals surface area contributed by atoms with E-state index in [0.29, 0.717) is 27.8 Å². The number of methoxy groups -OCH3 is 1. The Hall–Kier alpha value is -5.62. The molecule has 0 spiro atoms. The summed E-state index contributed by atoms with van der Waals surface area (Å²) in [5.41, 5.74) is 2.41. The molecule has 1 amide bonds. The summed E-state index contributed by atoms with van der Waals surface area (Å²) in [6.07, 6.45) is 5.94. The Labute approximate surface area is 310 Å². The maximum atomic E-state index is 14.0. The number of allylic oxidation sites excluding steroid dienone is 4. The molecule has 3 aromatic rings. The van der Waals surface area contributed by atoms with Crippen LogP contribution in [0.1, 0.15) is 37.4 Å². The van der Waals surface area contributed by atoms with Crippen LogP contribution in [0.5, 0.6) is 17.2 Å². The third-order valence-electron chi connectivity index (χ3n) is 10.4. The molecular formula is C41H37N2O11+. The number of aryl methyl sites for hydroxylation is 1. The molecule has 4 heterocycles. The van der Waals surface area contributed by atoms with Gasteiger partial charge in [-0.25, -0.2) is 0 Å². The minimum absolute atomic E-state index is 0.0205. The Morgan fingerprint density at radius 1 is 1.19 bits per heavy atom. The smallest absolute Gasteiger partial charge is 0.254 e. The molecule has 8 rings (SSSR count). The van der Waals surface area contributed by atoms with Gasteiger partial charge in [-0.05, 0) is 41.1 Å². The third-order valence-corrected chi connectivity index (χ3v) is 10.4. The van der Waals surface area contributed by atoms with Gasteiger partial charge >= 0.3 is 0 Å². The lowest BCUT2D eigenvalue weighted by Crippen LogP contribution is -2.70. The van der Waals surface area contributed by atoms with Crippen LogP contribution in [0.25, 0.3) is 10.8 Å². The van der Waals surface area contributed by atoms with Gasteiger partial charge < -0.3 is 49.0 Å². The fourth-order valence-electron chi connectivity index (χ4n) is 7.57. The van der Waals surface area contributed by atoms with Gasteiger partial charge in [0.15, 0.2) is 23.2 Å². The van der Waals surface area contributed by atoms with Crippen molar-refractivity contribution in [2.24, 2.45) is 4.99 Å². The molecule has 0 aromatic heterocycles. The van der Waals surface area contributed by atoms with Crippen molar-refractivity contribution in [2.75, 3.05) is 33.5 Å². The predicted molar refractivity (Wildman–Crippen MR) is 194 cm³/mol. The van der Waals surface area contributed by atoms with Gasteiger partial charge in [-0.3, -0.25) is 9.59 Å². The van der Waals surface area contributed by atoms with Crippen molar-refractivity contribution in [1.82, 2.24) is 4.90 Å². The van der Waals surface area contributed by atoms with E-state index in [4.69, 9.17) is 23.7 Å². The first kappa shape index (κ1) is 35.4. The van der Waals surface area contributed by atoms with Crippen LogP contribution in [-0.4, -0.2) is 107 Å². The van der Waals surface area contributed by atoms with Gasteiger partial charge in [-0.15, -0.1) is 0 Å². The van der Waals surface area contributed by atoms with E-state index in [0.717, 1.165) is 22.4 Å². The van der Waals surface area contributed by atoms with Crippen molar-refractivity contribution in [3.05, 3.63) is 106 Å². The molecule has 0 unspecified atom stereocenters. The summed E-state index contributed by atoms with van der Waals surface area (Å²) in [7, 11) is 1.44. The van der Waals surface area contributed by atoms with Crippen molar-refractivity contribution < 1.29 is 53.7 Å². The SMILES string of the molecule is COc1cc2c3c(O)c(c(C)cc3c1)C(=O)CN1Cc3c(cccc3C1=O)CC#CO[C@H]1[C@H](O)[C@@H](COCC3=C4[CH+]C=CC=C4N=C3)O[C@H](O2)[C@@]1(O)CO. The quantitative estimate of drug-likeness (QED) is 0.217. The number of nitrogens with zero attached hydrogens (tertiary/aromatic N) is 2. The molecule has 0 radical (unpaired) electrons. The second kappa shape index (κ2) is 14.0. The topological polar surface area (TPSA) is 177 Å². The van der Waals surface area contributed by atoms with E-state index in [2.05, 4.69) is 17.0 Å². The third kappa shape index (κ3) is 5.98. The Bertz CT molecular complexity index is 2260. The predicted octanol–water partition coefficient (Wildman–Crippen LogP) is 2.85. The number of carbonyl (C=O) groups is 2. The molecule has 1 aliphatic carbocycles. The molecule has 13 heteroatoms. The van der Waals surface area contributed by atoms with Crippen molar-refractivity contribution in [2.45, 2.75) is 50.1 Å². The fourth-order valence-corrected chi connectivity index (χ4v) is 7.57. The number of phenols is 1. The number of hydrogen-bond acceptors (Lipinski definition) is 12. The summed E-state index contributed by atoms with van der Waals surface area (Å²) in [5.74, 6) is 1.90. The average molecular weight is 734 g/mol. The molecule has 6 bridgehead atoms. The molecule has 0 saturated carbocycles. The first-order valence-electron chi connectivity index (χ1n) is 17.4. The number of carbonyl (C=O) groups excluding carboxylic acids is 2. The van der Waals surface area contributed by atoms with Crippen LogP contribution in [0, 0.1) is 25.4 Å². The number of amides is 1. The molecular weight excluding hydrogens is 696 g/mol. The molecule has 1 fully saturated rings. The second-order valence-electron chi connectivity index (χ2n) is 13.7. The minimum atomic E-state index is -2.42. The Morgan fingerprint density at radius 3 is 2.85 bits per heavy atom. The highest BCUT2D eigenvalue weighted by molar-refractivity contribution is 6.10. The molecule has 4 N–H and O–H groups in total. The number of aromatic hydroxyl groups is 1. The number of aliphatic hydroxyl groups excluding tert-OH is 2. The molecule has 5 aliphatic rings. The maximum absolute atomic E-state index is 14.0. The Morgan fingerprint density at radius 2 is 2.04 bits per heavy atom. The van der Waals surface area contributed by atoms with Gasteiger partial charge in [0.1, 0.15) is 47.7 Å². The summed E-state index contributed by atoms with van der Waals surface area (Å²) in [6.45, 7) is 0.452. The zero-order chi connectivity index (χ0) is 37.7. The second-order valence-corrected chi connectivity index (χ2v) is 13.7. The van der Waals surface area contributed by atoms with Gasteiger partial charge in [-0.2, -0.15) is 4.99 Å². The average Bonchev–Trinajstić information content (AvgIpc) is 3.72. The van der Waals surface area contributed by atoms with E-state index >= 15 is 0 Å². The van der Waals surface area contributed by atoms with Gasteiger partial charge in [0.2, 0.25) is 6.29 Å². The lowest BCUT2D eigenvalue weighted by molar-refractivity contribution is -0.327. The molecule has 276 valence electrons. The Balaban J connectivity index is 1.21. The van der Waals surface area contributed by atoms with Crippen LogP contribution < -0.4 is 9.47 Å². The normalized spacial score (nSPS) is 25.6. The number of fused-ring (bicyclic) bond motifs is 5. The summed E-state index contributed by atoms with van der Waals surface area (Å²) >= 11 is 0. The molecule has 4 aliphatic heterocycles. The van der Waals surface area contributed by atoms with E-state index < -0.39 is 48.3 Å². The van der Waals surface area contributed by atoms with E-state index in [-0.39, 0.29) is 55.3 Å². The molecule has 5 atom stereocenters. The largest absolute Gasteiger partial charge is 0.506 e. The van der Waals surface area contributed by atoms with Crippen LogP contribution in [-0.2, 0) is 27.2 Å². The van der Waals surface area contributed by atoms with E-state index in [1.165, 1.54) is 18.1 Å². The summed E-state index contributed by atoms with van der Waals surface area (Å²) in [6, 6.07) is 9.99. The van der Waals surface area contributed by atoms with Crippen LogP contribution in [0.3, 0.4) is 0 Å². The van der Waals surface area contributed by atoms with E-state index in [1.54, 1.807) is 37.4 Å². The zero-order valence-electron chi connectivity index (χ0n) is 29.4. The van der Waals surface area contributed by atoms with Crippen molar-refractivity contribution in [3.8, 4) is 29.3 Å². The number of benzene rings is 3. The number of ketones is 1. The lowest BCUT2D eigenvalue weighted by Gasteiger charge is -2.47. The van der Waals surface area contributed by atoms with Crippen LogP contribution in [0.2, 0.25) is 0 Å². The lowest BCUT2D eigenvalue weighted by atomic mass is 9.86. The van der Waals surface area contributed by atoms with Gasteiger partial charge in [0.25, 0.3) is 5.91 Å². The Kier molecular flexibility index (Phi) is 9.17. The highest BCUT2D eigenvalue weighted by Gasteiger charge is 2.58. The number of aliphatic hydroxyl groups is 3. The van der Waals surface area contributed by atoms with E-state index in [9.17, 15) is 30.0 Å². The van der Waals surface area contributed by atoms with Gasteiger partial charge in [0, 0.05) is 49.2 Å². The van der Waals surface area contributed by atoms with Crippen molar-refractivity contribution >= 4 is 28.7 Å². The number of aliphatic imine (C=N–C) groups is 1. The first-order chi connectivity index (χ1) is 26.1. The van der Waals surface area contributed by atoms with E-state index in [1.807, 2.05) is 30.7 Å². The monoisotopic (exact) mass is 733 g/mol. The standard InChI is InChI=1S/C41H36N2O11/c1-22-13-24-14-26(50-2)15-32-35(24)37(47)34(22)31(45)18-43-17-29-23(7-5-10-28(29)39(43)48)8-6-12-52-38-36(46)33(54-40(53-32)41(38,49)21-44)20-51-19-25-16-42-30-11-4-3-9-27(25)30/h3-5,7,9-11,13-16,33,36,38,40,44,46,49H,8,17-21H2,1-2H3/p+1/t33-,36-,38+,40+,41-/m1/s1. The number of Topliss-reactive ketones (excluding diaryl/α,β-unsaturated/α-hetero) is 1.